The fourth-order valence-corrected chi connectivity index (χ4v) is 0.750. The van der Waals surface area contributed by atoms with Crippen molar-refractivity contribution < 1.29 is 24.3 Å². The molecule has 3 aliphatic carbocycles. The van der Waals surface area contributed by atoms with E-state index in [1.54, 1.807) is 6.92 Å². The van der Waals surface area contributed by atoms with E-state index >= 15 is 0 Å². The predicted octanol–water partition coefficient (Wildman–Crippen LogP) is 11.0. The van der Waals surface area contributed by atoms with Gasteiger partial charge in [0.25, 0.3) is 0 Å². The van der Waals surface area contributed by atoms with Crippen LogP contribution in [0.25, 0.3) is 0 Å². The van der Waals surface area contributed by atoms with E-state index in [1.165, 1.54) is 110 Å². The van der Waals surface area contributed by atoms with Gasteiger partial charge in [-0.3, -0.25) is 9.36 Å². The van der Waals surface area contributed by atoms with Gasteiger partial charge in [0.2, 0.25) is 0 Å². The number of aliphatic carboxylic acids is 1. The van der Waals surface area contributed by atoms with E-state index in [2.05, 4.69) is 55.4 Å². The van der Waals surface area contributed by atoms with Gasteiger partial charge in [-0.05, 0) is 0 Å². The molecule has 35 heavy (non-hydrogen) atoms. The Morgan fingerprint density at radius 3 is 0.600 bits per heavy atom. The summed E-state index contributed by atoms with van der Waals surface area (Å²) in [5.74, 6) is -0.745. The lowest BCUT2D eigenvalue weighted by atomic mass is 10.0. The molecule has 5 nitrogen and oxygen atoms in total. The molecule has 0 aromatic rings. The first-order chi connectivity index (χ1) is 16.5. The lowest BCUT2D eigenvalue weighted by Gasteiger charge is -2.05. The number of carbonyl (C=O) groups is 1. The highest BCUT2D eigenvalue weighted by Gasteiger charge is 2.05. The van der Waals surface area contributed by atoms with E-state index in [9.17, 15) is 9.36 Å². The molecule has 3 fully saturated rings. The van der Waals surface area contributed by atoms with Gasteiger partial charge in [-0.2, -0.15) is 0 Å². The van der Waals surface area contributed by atoms with Crippen LogP contribution in [-0.4, -0.2) is 27.0 Å². The van der Waals surface area contributed by atoms with E-state index in [0.29, 0.717) is 0 Å². The highest BCUT2D eigenvalue weighted by atomic mass is 31.2. The maximum Gasteiger partial charge on any atom is 0.325 e. The van der Waals surface area contributed by atoms with Gasteiger partial charge >= 0.3 is 13.6 Å². The number of carboxylic acid groups (broad SMARTS) is 1. The molecule has 0 radical (unpaired) electrons. The van der Waals surface area contributed by atoms with Crippen LogP contribution in [0.2, 0.25) is 0 Å². The Morgan fingerprint density at radius 2 is 0.600 bits per heavy atom. The second kappa shape index (κ2) is 50.5. The van der Waals surface area contributed by atoms with E-state index in [4.69, 9.17) is 14.9 Å². The second-order valence-electron chi connectivity index (χ2n) is 8.80. The maximum absolute atomic E-state index is 9.69. The normalized spacial score (nSPS) is 13.4. The topological polar surface area (TPSA) is 94.8 Å². The Hall–Kier alpha value is -0.380. The van der Waals surface area contributed by atoms with Gasteiger partial charge in [0.1, 0.15) is 0 Å². The first kappa shape index (κ1) is 47.8. The highest BCUT2D eigenvalue weighted by molar-refractivity contribution is 7.51. The molecule has 0 heterocycles. The zero-order valence-corrected chi connectivity index (χ0v) is 26.7. The molecule has 0 atom stereocenters. The molecule has 6 heteroatoms. The Kier molecular flexibility index (Phi) is 68.9. The van der Waals surface area contributed by atoms with Gasteiger partial charge in [0, 0.05) is 12.6 Å². The highest BCUT2D eigenvalue weighted by Crippen LogP contribution is 2.32. The number of carboxylic acids is 1. The maximum atomic E-state index is 9.69. The van der Waals surface area contributed by atoms with E-state index in [0.717, 1.165) is 0 Å². The molecule has 0 spiro atoms. The first-order valence-corrected chi connectivity index (χ1v) is 16.5. The van der Waals surface area contributed by atoms with Crippen molar-refractivity contribution in [1.29, 1.82) is 0 Å². The standard InChI is InChI=1S/3C4H8.C3H6O2.4C3H8.C2H7O3P/c3*1-2-4-3-1;1-2-3(4)5;4*1-3-2;1-2-6(3,4)5/h3*1-4H2;2H2,1H3,(H,4,5);4*3H2,1-2H3;2H2,1H3,(H2,3,4,5). The van der Waals surface area contributed by atoms with Gasteiger partial charge in [0.15, 0.2) is 0 Å². The summed E-state index contributed by atoms with van der Waals surface area (Å²) in [6, 6.07) is 0. The van der Waals surface area contributed by atoms with Crippen LogP contribution in [0, 0.1) is 0 Å². The van der Waals surface area contributed by atoms with Crippen LogP contribution < -0.4 is 0 Å². The number of hydrogen-bond acceptors (Lipinski definition) is 2. The van der Waals surface area contributed by atoms with Crippen molar-refractivity contribution in [3.8, 4) is 0 Å². The lowest BCUT2D eigenvalue weighted by Crippen LogP contribution is -1.86. The molecule has 0 bridgehead atoms. The average Bonchev–Trinajstić information content (AvgIpc) is 2.60. The van der Waals surface area contributed by atoms with E-state index < -0.39 is 13.6 Å². The van der Waals surface area contributed by atoms with Crippen molar-refractivity contribution >= 4 is 13.6 Å². The fraction of sp³-hybridized carbons (Fsp3) is 0.966. The Labute approximate surface area is 222 Å². The molecular formula is C29H69O5P. The summed E-state index contributed by atoms with van der Waals surface area (Å²) in [5.41, 5.74) is 0. The summed E-state index contributed by atoms with van der Waals surface area (Å²) in [5, 5.41) is 7.72. The van der Waals surface area contributed by atoms with Crippen LogP contribution in [0.3, 0.4) is 0 Å². The van der Waals surface area contributed by atoms with Crippen LogP contribution in [0.4, 0.5) is 0 Å². The van der Waals surface area contributed by atoms with Crippen LogP contribution in [0.15, 0.2) is 0 Å². The molecule has 0 saturated heterocycles. The minimum atomic E-state index is -3.65. The van der Waals surface area contributed by atoms with Gasteiger partial charge in [-0.15, -0.1) is 0 Å². The zero-order valence-electron chi connectivity index (χ0n) is 25.8. The Balaban J connectivity index is -0.0000000684. The predicted molar refractivity (Wildman–Crippen MR) is 160 cm³/mol. The van der Waals surface area contributed by atoms with Crippen LogP contribution in [0.1, 0.15) is 178 Å². The molecule has 0 aromatic heterocycles. The van der Waals surface area contributed by atoms with Crippen molar-refractivity contribution in [2.24, 2.45) is 0 Å². The summed E-state index contributed by atoms with van der Waals surface area (Å²) >= 11 is 0. The summed E-state index contributed by atoms with van der Waals surface area (Å²) in [7, 11) is -3.65. The molecule has 0 aliphatic heterocycles. The summed E-state index contributed by atoms with van der Waals surface area (Å²) in [6.45, 7) is 20.0. The first-order valence-electron chi connectivity index (χ1n) is 14.8. The van der Waals surface area contributed by atoms with Crippen molar-refractivity contribution in [3.05, 3.63) is 0 Å². The smallest absolute Gasteiger partial charge is 0.325 e. The minimum Gasteiger partial charge on any atom is -0.481 e. The summed E-state index contributed by atoms with van der Waals surface area (Å²) < 4.78 is 9.69. The van der Waals surface area contributed by atoms with Gasteiger partial charge < -0.3 is 14.9 Å². The molecule has 3 N–H and O–H groups in total. The average molecular weight is 529 g/mol. The third-order valence-corrected chi connectivity index (χ3v) is 4.54. The molecule has 3 rings (SSSR count). The van der Waals surface area contributed by atoms with E-state index in [1.807, 2.05) is 0 Å². The molecule has 220 valence electrons. The van der Waals surface area contributed by atoms with Crippen LogP contribution in [-0.2, 0) is 9.36 Å². The molecular weight excluding hydrogens is 459 g/mol. The third-order valence-electron chi connectivity index (χ3n) is 3.71. The SMILES string of the molecule is C1CCC1.C1CCC1.C1CCC1.CCC.CCC.CCC.CCC.CCC(=O)O.CCP(=O)(O)O. The summed E-state index contributed by atoms with van der Waals surface area (Å²) in [4.78, 5) is 25.2. The number of hydrogen-bond donors (Lipinski definition) is 3. The Bertz CT molecular complexity index is 306. The van der Waals surface area contributed by atoms with Gasteiger partial charge in [0.05, 0.1) is 0 Å². The molecule has 3 saturated carbocycles. The van der Waals surface area contributed by atoms with Crippen LogP contribution in [0.5, 0.6) is 0 Å². The molecule has 0 amide bonds. The third kappa shape index (κ3) is 122. The zero-order chi connectivity index (χ0) is 28.8. The molecule has 0 aromatic carbocycles. The van der Waals surface area contributed by atoms with Gasteiger partial charge in [-0.25, -0.2) is 0 Å². The molecule has 0 unspecified atom stereocenters. The lowest BCUT2D eigenvalue weighted by molar-refractivity contribution is -0.136. The summed E-state index contributed by atoms with van der Waals surface area (Å²) in [6.07, 6.45) is 23.2. The van der Waals surface area contributed by atoms with Gasteiger partial charge in [-0.1, -0.05) is 172 Å². The largest absolute Gasteiger partial charge is 0.481 e. The minimum absolute atomic E-state index is 0.0625. The van der Waals surface area contributed by atoms with Crippen molar-refractivity contribution in [1.82, 2.24) is 0 Å². The second-order valence-corrected chi connectivity index (χ2v) is 10.8. The van der Waals surface area contributed by atoms with Crippen molar-refractivity contribution in [2.45, 2.75) is 178 Å². The van der Waals surface area contributed by atoms with Crippen LogP contribution >= 0.6 is 7.60 Å². The quantitative estimate of drug-likeness (QED) is 0.310. The fourth-order valence-electron chi connectivity index (χ4n) is 0.750. The van der Waals surface area contributed by atoms with Crippen molar-refractivity contribution in [2.75, 3.05) is 6.16 Å². The molecule has 3 aliphatic rings. The monoisotopic (exact) mass is 528 g/mol. The van der Waals surface area contributed by atoms with E-state index in [-0.39, 0.29) is 12.6 Å². The van der Waals surface area contributed by atoms with Crippen molar-refractivity contribution in [3.63, 3.8) is 0 Å². The Morgan fingerprint density at radius 1 is 0.514 bits per heavy atom. The number of rotatable bonds is 2.